The molecule has 0 radical (unpaired) electrons. The van der Waals surface area contributed by atoms with Gasteiger partial charge in [-0.15, -0.1) is 11.8 Å². The van der Waals surface area contributed by atoms with E-state index in [9.17, 15) is 4.79 Å². The highest BCUT2D eigenvalue weighted by Gasteiger charge is 2.51. The minimum atomic E-state index is 0.0761. The largest absolute Gasteiger partial charge is 0.371 e. The zero-order valence-electron chi connectivity index (χ0n) is 13.6. The molecule has 1 amide bonds. The van der Waals surface area contributed by atoms with Crippen molar-refractivity contribution in [3.05, 3.63) is 48.0 Å². The van der Waals surface area contributed by atoms with Crippen molar-refractivity contribution >= 4 is 17.7 Å². The number of ether oxygens (including phenoxy) is 1. The molecule has 1 spiro atoms. The third kappa shape index (κ3) is 3.06. The minimum Gasteiger partial charge on any atom is -0.371 e. The average Bonchev–Trinajstić information content (AvgIpc) is 3.18. The third-order valence-corrected chi connectivity index (χ3v) is 6.14. The number of rotatable bonds is 4. The predicted octanol–water partition coefficient (Wildman–Crippen LogP) is 1.73. The van der Waals surface area contributed by atoms with Crippen molar-refractivity contribution in [2.24, 2.45) is 7.05 Å². The van der Waals surface area contributed by atoms with Crippen LogP contribution in [0.3, 0.4) is 0 Å². The van der Waals surface area contributed by atoms with Gasteiger partial charge in [-0.2, -0.15) is 5.10 Å². The van der Waals surface area contributed by atoms with Crippen molar-refractivity contribution in [3.8, 4) is 0 Å². The lowest BCUT2D eigenvalue weighted by molar-refractivity contribution is 0.0245. The van der Waals surface area contributed by atoms with E-state index in [0.29, 0.717) is 12.2 Å². The van der Waals surface area contributed by atoms with Gasteiger partial charge in [0.05, 0.1) is 34.9 Å². The summed E-state index contributed by atoms with van der Waals surface area (Å²) in [6.07, 6.45) is 6.44. The maximum atomic E-state index is 12.4. The Kier molecular flexibility index (Phi) is 4.05. The predicted molar refractivity (Wildman–Crippen MR) is 91.7 cm³/mol. The lowest BCUT2D eigenvalue weighted by Gasteiger charge is -2.47. The standard InChI is InChI=1S/C17H20N4O2S/c1-20-8-13(7-19-20)16(22)21-11-17(12-21)6-15(10-24-17)23-9-14-4-2-3-5-18-14/h2-5,7-8,15H,6,9-12H2,1H3/t15-/m0/s1. The molecular formula is C17H20N4O2S. The number of pyridine rings is 1. The molecule has 0 aliphatic carbocycles. The lowest BCUT2D eigenvalue weighted by Crippen LogP contribution is -2.60. The molecule has 24 heavy (non-hydrogen) atoms. The number of hydrogen-bond donors (Lipinski definition) is 0. The Morgan fingerprint density at radius 3 is 3.04 bits per heavy atom. The summed E-state index contributed by atoms with van der Waals surface area (Å²) in [5.74, 6) is 1.06. The first-order valence-electron chi connectivity index (χ1n) is 8.07. The van der Waals surface area contributed by atoms with Crippen LogP contribution in [0.15, 0.2) is 36.8 Å². The van der Waals surface area contributed by atoms with Gasteiger partial charge >= 0.3 is 0 Å². The van der Waals surface area contributed by atoms with Crippen LogP contribution in [0.2, 0.25) is 0 Å². The normalized spacial score (nSPS) is 21.9. The van der Waals surface area contributed by atoms with Crippen LogP contribution in [0.5, 0.6) is 0 Å². The fourth-order valence-electron chi connectivity index (χ4n) is 3.32. The molecular weight excluding hydrogens is 324 g/mol. The number of thioether (sulfide) groups is 1. The SMILES string of the molecule is Cn1cc(C(=O)N2CC3(C[C@H](OCc4ccccn4)CS3)C2)cn1. The minimum absolute atomic E-state index is 0.0761. The molecule has 0 N–H and O–H groups in total. The van der Waals surface area contributed by atoms with E-state index in [1.807, 2.05) is 41.9 Å². The van der Waals surface area contributed by atoms with Gasteiger partial charge in [0.15, 0.2) is 0 Å². The first kappa shape index (κ1) is 15.7. The molecule has 6 nitrogen and oxygen atoms in total. The second-order valence-corrected chi connectivity index (χ2v) is 8.00. The smallest absolute Gasteiger partial charge is 0.257 e. The van der Waals surface area contributed by atoms with Crippen LogP contribution in [-0.4, -0.2) is 55.3 Å². The van der Waals surface area contributed by atoms with Crippen LogP contribution >= 0.6 is 11.8 Å². The highest BCUT2D eigenvalue weighted by Crippen LogP contribution is 2.46. The van der Waals surface area contributed by atoms with Crippen molar-refractivity contribution in [2.45, 2.75) is 23.9 Å². The Morgan fingerprint density at radius 1 is 1.46 bits per heavy atom. The van der Waals surface area contributed by atoms with Crippen molar-refractivity contribution < 1.29 is 9.53 Å². The van der Waals surface area contributed by atoms with Gasteiger partial charge in [-0.3, -0.25) is 14.5 Å². The Bertz CT molecular complexity index is 727. The van der Waals surface area contributed by atoms with E-state index in [4.69, 9.17) is 4.74 Å². The van der Waals surface area contributed by atoms with E-state index in [2.05, 4.69) is 10.1 Å². The van der Waals surface area contributed by atoms with Gasteiger partial charge in [0.1, 0.15) is 0 Å². The molecule has 2 aromatic heterocycles. The summed E-state index contributed by atoms with van der Waals surface area (Å²) < 4.78 is 7.84. The molecule has 4 heterocycles. The molecule has 2 aliphatic heterocycles. The monoisotopic (exact) mass is 344 g/mol. The van der Waals surface area contributed by atoms with Crippen LogP contribution in [-0.2, 0) is 18.4 Å². The molecule has 2 aliphatic rings. The second-order valence-electron chi connectivity index (χ2n) is 6.52. The van der Waals surface area contributed by atoms with E-state index < -0.39 is 0 Å². The number of aromatic nitrogens is 3. The Morgan fingerprint density at radius 2 is 2.33 bits per heavy atom. The van der Waals surface area contributed by atoms with Crippen molar-refractivity contribution in [1.82, 2.24) is 19.7 Å². The zero-order valence-corrected chi connectivity index (χ0v) is 14.4. The van der Waals surface area contributed by atoms with E-state index >= 15 is 0 Å². The van der Waals surface area contributed by atoms with E-state index in [1.165, 1.54) is 0 Å². The van der Waals surface area contributed by atoms with Crippen LogP contribution in [0.4, 0.5) is 0 Å². The van der Waals surface area contributed by atoms with Crippen LogP contribution in [0.1, 0.15) is 22.5 Å². The number of likely N-dealkylation sites (tertiary alicyclic amines) is 1. The molecule has 126 valence electrons. The van der Waals surface area contributed by atoms with E-state index in [1.54, 1.807) is 23.3 Å². The summed E-state index contributed by atoms with van der Waals surface area (Å²) in [7, 11) is 1.82. The third-order valence-electron chi connectivity index (χ3n) is 4.57. The number of amides is 1. The summed E-state index contributed by atoms with van der Waals surface area (Å²) in [5, 5.41) is 4.07. The quantitative estimate of drug-likeness (QED) is 0.845. The number of aryl methyl sites for hydroxylation is 1. The van der Waals surface area contributed by atoms with E-state index in [-0.39, 0.29) is 16.8 Å². The lowest BCUT2D eigenvalue weighted by atomic mass is 9.92. The summed E-state index contributed by atoms with van der Waals surface area (Å²) in [4.78, 5) is 18.6. The van der Waals surface area contributed by atoms with Crippen LogP contribution < -0.4 is 0 Å². The van der Waals surface area contributed by atoms with Gasteiger partial charge in [0.2, 0.25) is 0 Å². The molecule has 2 fully saturated rings. The maximum Gasteiger partial charge on any atom is 0.257 e. The van der Waals surface area contributed by atoms with Gasteiger partial charge in [-0.05, 0) is 18.6 Å². The molecule has 0 bridgehead atoms. The molecule has 2 saturated heterocycles. The molecule has 0 unspecified atom stereocenters. The highest BCUT2D eigenvalue weighted by molar-refractivity contribution is 8.01. The first-order valence-corrected chi connectivity index (χ1v) is 9.06. The summed E-state index contributed by atoms with van der Waals surface area (Å²) >= 11 is 1.94. The fraction of sp³-hybridized carbons (Fsp3) is 0.471. The van der Waals surface area contributed by atoms with Gasteiger partial charge in [-0.25, -0.2) is 0 Å². The summed E-state index contributed by atoms with van der Waals surface area (Å²) in [6.45, 7) is 2.16. The van der Waals surface area contributed by atoms with Gasteiger partial charge < -0.3 is 9.64 Å². The molecule has 0 saturated carbocycles. The van der Waals surface area contributed by atoms with Crippen LogP contribution in [0, 0.1) is 0 Å². The fourth-order valence-corrected chi connectivity index (χ4v) is 4.88. The number of nitrogens with zero attached hydrogens (tertiary/aromatic N) is 4. The average molecular weight is 344 g/mol. The van der Waals surface area contributed by atoms with Gasteiger partial charge in [0.25, 0.3) is 5.91 Å². The highest BCUT2D eigenvalue weighted by atomic mass is 32.2. The van der Waals surface area contributed by atoms with Crippen molar-refractivity contribution in [3.63, 3.8) is 0 Å². The summed E-state index contributed by atoms with van der Waals surface area (Å²) in [5.41, 5.74) is 1.63. The van der Waals surface area contributed by atoms with E-state index in [0.717, 1.165) is 31.0 Å². The second kappa shape index (κ2) is 6.22. The zero-order chi connectivity index (χ0) is 16.6. The molecule has 2 aromatic rings. The Hall–Kier alpha value is -1.86. The first-order chi connectivity index (χ1) is 11.6. The number of hydrogen-bond acceptors (Lipinski definition) is 5. The van der Waals surface area contributed by atoms with Crippen molar-refractivity contribution in [2.75, 3.05) is 18.8 Å². The molecule has 0 aromatic carbocycles. The molecule has 4 rings (SSSR count). The molecule has 1 atom stereocenters. The van der Waals surface area contributed by atoms with Gasteiger partial charge in [0, 0.05) is 38.3 Å². The number of carbonyl (C=O) groups is 1. The maximum absolute atomic E-state index is 12.4. The topological polar surface area (TPSA) is 60.2 Å². The Balaban J connectivity index is 1.28. The van der Waals surface area contributed by atoms with Crippen molar-refractivity contribution in [1.29, 1.82) is 0 Å². The number of carbonyl (C=O) groups excluding carboxylic acids is 1. The van der Waals surface area contributed by atoms with Crippen LogP contribution in [0.25, 0.3) is 0 Å². The Labute approximate surface area is 145 Å². The molecule has 7 heteroatoms. The summed E-state index contributed by atoms with van der Waals surface area (Å²) in [6, 6.07) is 5.87. The van der Waals surface area contributed by atoms with Gasteiger partial charge in [-0.1, -0.05) is 6.07 Å².